The van der Waals surface area contributed by atoms with Gasteiger partial charge in [0.25, 0.3) is 0 Å². The molecule has 2 rings (SSSR count). The first kappa shape index (κ1) is 22.8. The Labute approximate surface area is 178 Å². The Morgan fingerprint density at radius 1 is 1.10 bits per heavy atom. The number of hydrogen-bond donors (Lipinski definition) is 1. The minimum atomic E-state index is -0.609. The molecule has 2 atom stereocenters. The third-order valence-electron chi connectivity index (χ3n) is 4.90. The van der Waals surface area contributed by atoms with Crippen LogP contribution >= 0.6 is 11.6 Å². The number of carbonyl (C=O) groups is 2. The van der Waals surface area contributed by atoms with E-state index in [0.717, 1.165) is 17.5 Å². The number of ether oxygens (including phenoxy) is 1. The average molecular weight is 417 g/mol. The van der Waals surface area contributed by atoms with Crippen molar-refractivity contribution >= 4 is 23.4 Å². The van der Waals surface area contributed by atoms with Gasteiger partial charge in [0.1, 0.15) is 11.8 Å². The van der Waals surface area contributed by atoms with Gasteiger partial charge in [-0.1, -0.05) is 42.8 Å². The van der Waals surface area contributed by atoms with Crippen LogP contribution in [0.3, 0.4) is 0 Å². The fourth-order valence-electron chi connectivity index (χ4n) is 2.94. The van der Waals surface area contributed by atoms with Gasteiger partial charge in [0, 0.05) is 17.6 Å². The van der Waals surface area contributed by atoms with Crippen molar-refractivity contribution in [2.24, 2.45) is 0 Å². The highest BCUT2D eigenvalue weighted by Gasteiger charge is 2.27. The molecular weight excluding hydrogens is 388 g/mol. The number of nitrogens with one attached hydrogen (secondary N) is 1. The lowest BCUT2D eigenvalue weighted by Crippen LogP contribution is -2.49. The van der Waals surface area contributed by atoms with E-state index in [0.29, 0.717) is 17.3 Å². The van der Waals surface area contributed by atoms with Gasteiger partial charge in [0.15, 0.2) is 0 Å². The van der Waals surface area contributed by atoms with Gasteiger partial charge in [-0.3, -0.25) is 9.59 Å². The molecule has 0 heterocycles. The van der Waals surface area contributed by atoms with Crippen molar-refractivity contribution < 1.29 is 14.3 Å². The molecule has 0 aliphatic rings. The van der Waals surface area contributed by atoms with Crippen molar-refractivity contribution in [2.45, 2.75) is 52.2 Å². The molecular formula is C23H29ClN2O3. The minimum Gasteiger partial charge on any atom is -0.497 e. The zero-order valence-corrected chi connectivity index (χ0v) is 18.2. The van der Waals surface area contributed by atoms with Crippen molar-refractivity contribution in [3.05, 3.63) is 64.7 Å². The van der Waals surface area contributed by atoms with E-state index in [1.54, 1.807) is 31.1 Å². The Morgan fingerprint density at radius 3 is 2.45 bits per heavy atom. The highest BCUT2D eigenvalue weighted by atomic mass is 35.5. The lowest BCUT2D eigenvalue weighted by molar-refractivity contribution is -0.140. The van der Waals surface area contributed by atoms with E-state index in [1.807, 2.05) is 50.2 Å². The molecule has 2 aromatic rings. The lowest BCUT2D eigenvalue weighted by Gasteiger charge is -2.30. The predicted molar refractivity (Wildman–Crippen MR) is 116 cm³/mol. The molecule has 0 radical (unpaired) electrons. The Balaban J connectivity index is 2.25. The number of methoxy groups -OCH3 is 1. The third-order valence-corrected chi connectivity index (χ3v) is 5.13. The Hall–Kier alpha value is -2.53. The summed E-state index contributed by atoms with van der Waals surface area (Å²) < 4.78 is 5.28. The predicted octanol–water partition coefficient (Wildman–Crippen LogP) is 4.22. The summed E-state index contributed by atoms with van der Waals surface area (Å²) in [5.41, 5.74) is 1.71. The number of nitrogens with zero attached hydrogens (tertiary/aromatic N) is 1. The summed E-state index contributed by atoms with van der Waals surface area (Å²) in [5, 5.41) is 3.55. The molecule has 0 saturated heterocycles. The topological polar surface area (TPSA) is 58.6 Å². The summed E-state index contributed by atoms with van der Waals surface area (Å²) in [6, 6.07) is 14.2. The Morgan fingerprint density at radius 2 is 1.79 bits per heavy atom. The summed E-state index contributed by atoms with van der Waals surface area (Å²) in [4.78, 5) is 27.5. The molecule has 156 valence electrons. The minimum absolute atomic E-state index is 0.0478. The van der Waals surface area contributed by atoms with Crippen LogP contribution in [0.25, 0.3) is 0 Å². The van der Waals surface area contributed by atoms with Gasteiger partial charge in [-0.25, -0.2) is 0 Å². The van der Waals surface area contributed by atoms with Crippen LogP contribution in [-0.2, 0) is 22.6 Å². The first-order chi connectivity index (χ1) is 13.8. The van der Waals surface area contributed by atoms with Gasteiger partial charge in [-0.05, 0) is 55.7 Å². The van der Waals surface area contributed by atoms with Crippen LogP contribution in [0.15, 0.2) is 48.5 Å². The molecule has 0 fully saturated rings. The zero-order chi connectivity index (χ0) is 21.4. The fraction of sp³-hybridized carbons (Fsp3) is 0.391. The number of benzene rings is 2. The fourth-order valence-corrected chi connectivity index (χ4v) is 3.15. The maximum absolute atomic E-state index is 13.2. The number of carbonyl (C=O) groups excluding carboxylic acids is 2. The second-order valence-electron chi connectivity index (χ2n) is 7.17. The lowest BCUT2D eigenvalue weighted by atomic mass is 10.1. The van der Waals surface area contributed by atoms with Crippen LogP contribution in [0.1, 0.15) is 38.3 Å². The summed E-state index contributed by atoms with van der Waals surface area (Å²) in [6.07, 6.45) is 0.996. The van der Waals surface area contributed by atoms with E-state index in [-0.39, 0.29) is 24.3 Å². The largest absolute Gasteiger partial charge is 0.497 e. The van der Waals surface area contributed by atoms with E-state index in [1.165, 1.54) is 0 Å². The number of rotatable bonds is 9. The smallest absolute Gasteiger partial charge is 0.242 e. The summed E-state index contributed by atoms with van der Waals surface area (Å²) in [7, 11) is 1.60. The summed E-state index contributed by atoms with van der Waals surface area (Å²) in [5.74, 6) is 0.407. The number of halogens is 1. The van der Waals surface area contributed by atoms with Gasteiger partial charge in [0.2, 0.25) is 11.8 Å². The van der Waals surface area contributed by atoms with Crippen molar-refractivity contribution in [1.82, 2.24) is 10.2 Å². The van der Waals surface area contributed by atoms with Gasteiger partial charge >= 0.3 is 0 Å². The second kappa shape index (κ2) is 10.9. The Bertz CT molecular complexity index is 840. The maximum Gasteiger partial charge on any atom is 0.242 e. The molecule has 0 aromatic heterocycles. The van der Waals surface area contributed by atoms with Crippen LogP contribution in [-0.4, -0.2) is 35.9 Å². The van der Waals surface area contributed by atoms with Crippen molar-refractivity contribution in [3.63, 3.8) is 0 Å². The van der Waals surface area contributed by atoms with Crippen molar-refractivity contribution in [3.8, 4) is 5.75 Å². The molecule has 0 aliphatic carbocycles. The SMILES string of the molecule is CC[C@H](C)NC(=O)[C@@H](C)N(Cc1cccc(OC)c1)C(=O)Cc1cccc(Cl)c1. The average Bonchev–Trinajstić information content (AvgIpc) is 2.71. The highest BCUT2D eigenvalue weighted by Crippen LogP contribution is 2.18. The van der Waals surface area contributed by atoms with Crippen molar-refractivity contribution in [2.75, 3.05) is 7.11 Å². The normalized spacial score (nSPS) is 12.7. The van der Waals surface area contributed by atoms with Crippen molar-refractivity contribution in [1.29, 1.82) is 0 Å². The number of hydrogen-bond acceptors (Lipinski definition) is 3. The van der Waals surface area contributed by atoms with E-state index < -0.39 is 6.04 Å². The monoisotopic (exact) mass is 416 g/mol. The Kier molecular flexibility index (Phi) is 8.52. The van der Waals surface area contributed by atoms with E-state index in [9.17, 15) is 9.59 Å². The molecule has 0 unspecified atom stereocenters. The van der Waals surface area contributed by atoms with Crippen LogP contribution < -0.4 is 10.1 Å². The van der Waals surface area contributed by atoms with Crippen LogP contribution in [0, 0.1) is 0 Å². The van der Waals surface area contributed by atoms with E-state index in [4.69, 9.17) is 16.3 Å². The summed E-state index contributed by atoms with van der Waals surface area (Å²) in [6.45, 7) is 6.03. The van der Waals surface area contributed by atoms with Crippen LogP contribution in [0.2, 0.25) is 5.02 Å². The quantitative estimate of drug-likeness (QED) is 0.665. The van der Waals surface area contributed by atoms with Gasteiger partial charge in [-0.15, -0.1) is 0 Å². The van der Waals surface area contributed by atoms with Gasteiger partial charge in [-0.2, -0.15) is 0 Å². The van der Waals surface area contributed by atoms with Gasteiger partial charge < -0.3 is 15.0 Å². The third kappa shape index (κ3) is 6.79. The number of amides is 2. The molecule has 1 N–H and O–H groups in total. The zero-order valence-electron chi connectivity index (χ0n) is 17.4. The standard InChI is InChI=1S/C23H29ClN2O3/c1-5-16(2)25-23(28)17(3)26(15-19-9-7-11-21(13-19)29-4)22(27)14-18-8-6-10-20(24)12-18/h6-13,16-17H,5,14-15H2,1-4H3,(H,25,28)/t16-,17+/m0/s1. The first-order valence-electron chi connectivity index (χ1n) is 9.81. The van der Waals surface area contributed by atoms with E-state index in [2.05, 4.69) is 5.32 Å². The maximum atomic E-state index is 13.2. The molecule has 0 aliphatic heterocycles. The van der Waals surface area contributed by atoms with Crippen LogP contribution in [0.4, 0.5) is 0 Å². The second-order valence-corrected chi connectivity index (χ2v) is 7.61. The molecule has 0 spiro atoms. The summed E-state index contributed by atoms with van der Waals surface area (Å²) >= 11 is 6.05. The molecule has 29 heavy (non-hydrogen) atoms. The molecule has 6 heteroatoms. The highest BCUT2D eigenvalue weighted by molar-refractivity contribution is 6.30. The molecule has 0 saturated carbocycles. The molecule has 2 aromatic carbocycles. The first-order valence-corrected chi connectivity index (χ1v) is 10.2. The van der Waals surface area contributed by atoms with Crippen LogP contribution in [0.5, 0.6) is 5.75 Å². The van der Waals surface area contributed by atoms with Gasteiger partial charge in [0.05, 0.1) is 13.5 Å². The molecule has 2 amide bonds. The molecule has 0 bridgehead atoms. The molecule has 5 nitrogen and oxygen atoms in total. The van der Waals surface area contributed by atoms with E-state index >= 15 is 0 Å².